The van der Waals surface area contributed by atoms with Gasteiger partial charge in [-0.15, -0.1) is 0 Å². The molecule has 6 nitrogen and oxygen atoms in total. The number of benzene rings is 1. The van der Waals surface area contributed by atoms with E-state index in [1.807, 2.05) is 52.0 Å². The minimum Gasteiger partial charge on any atom is -0.494 e. The number of nitrogens with one attached hydrogen (secondary N) is 1. The van der Waals surface area contributed by atoms with E-state index in [4.69, 9.17) is 9.47 Å². The molecule has 0 unspecified atom stereocenters. The fourth-order valence-corrected chi connectivity index (χ4v) is 2.99. The summed E-state index contributed by atoms with van der Waals surface area (Å²) in [5, 5.41) is 0. The fourth-order valence-electron chi connectivity index (χ4n) is 2.99. The van der Waals surface area contributed by atoms with Gasteiger partial charge >= 0.3 is 5.97 Å². The number of aryl methyl sites for hydroxylation is 1. The molecule has 0 aliphatic carbocycles. The number of anilines is 1. The number of esters is 1. The second-order valence-corrected chi connectivity index (χ2v) is 6.21. The van der Waals surface area contributed by atoms with Gasteiger partial charge < -0.3 is 19.4 Å². The minimum atomic E-state index is -0.376. The standard InChI is InChI=1S/C21H28N2O4/c1-6-19(24)23(16-9-11-17(12-10-16)26-7-2)13-18-14(4)20(22-15(18)5)21(25)27-8-3/h9-12,22H,6-8,13H2,1-5H3. The summed E-state index contributed by atoms with van der Waals surface area (Å²) < 4.78 is 10.6. The monoisotopic (exact) mass is 372 g/mol. The van der Waals surface area contributed by atoms with E-state index in [1.54, 1.807) is 11.8 Å². The molecule has 0 aliphatic rings. The van der Waals surface area contributed by atoms with Crippen molar-refractivity contribution in [2.75, 3.05) is 18.1 Å². The van der Waals surface area contributed by atoms with E-state index in [0.29, 0.717) is 31.9 Å². The van der Waals surface area contributed by atoms with Crippen molar-refractivity contribution in [1.29, 1.82) is 0 Å². The maximum atomic E-state index is 12.6. The molecule has 1 N–H and O–H groups in total. The number of carbonyl (C=O) groups is 2. The highest BCUT2D eigenvalue weighted by molar-refractivity contribution is 5.94. The van der Waals surface area contributed by atoms with Crippen molar-refractivity contribution in [3.63, 3.8) is 0 Å². The molecule has 0 bridgehead atoms. The predicted molar refractivity (Wildman–Crippen MR) is 105 cm³/mol. The van der Waals surface area contributed by atoms with Crippen LogP contribution < -0.4 is 9.64 Å². The third-order valence-electron chi connectivity index (χ3n) is 4.45. The summed E-state index contributed by atoms with van der Waals surface area (Å²) in [5.74, 6) is 0.402. The van der Waals surface area contributed by atoms with E-state index in [1.165, 1.54) is 0 Å². The predicted octanol–water partition coefficient (Wildman–Crippen LogP) is 4.15. The number of H-pyrrole nitrogens is 1. The van der Waals surface area contributed by atoms with Crippen LogP contribution in [0, 0.1) is 13.8 Å². The van der Waals surface area contributed by atoms with Crippen LogP contribution in [-0.4, -0.2) is 30.1 Å². The first-order chi connectivity index (χ1) is 12.9. The van der Waals surface area contributed by atoms with Crippen molar-refractivity contribution < 1.29 is 19.1 Å². The van der Waals surface area contributed by atoms with Gasteiger partial charge in [-0.1, -0.05) is 6.92 Å². The highest BCUT2D eigenvalue weighted by Gasteiger charge is 2.22. The Hall–Kier alpha value is -2.76. The van der Waals surface area contributed by atoms with Crippen molar-refractivity contribution in [1.82, 2.24) is 4.98 Å². The Bertz CT molecular complexity index is 793. The van der Waals surface area contributed by atoms with Crippen LogP contribution in [0.4, 0.5) is 5.69 Å². The van der Waals surface area contributed by atoms with Gasteiger partial charge in [-0.05, 0) is 63.1 Å². The lowest BCUT2D eigenvalue weighted by Gasteiger charge is -2.23. The maximum absolute atomic E-state index is 12.6. The van der Waals surface area contributed by atoms with E-state index < -0.39 is 0 Å². The SMILES string of the molecule is CCOC(=O)c1[nH]c(C)c(CN(C(=O)CC)c2ccc(OCC)cc2)c1C. The van der Waals surface area contributed by atoms with Gasteiger partial charge in [0.05, 0.1) is 19.8 Å². The average Bonchev–Trinajstić information content (AvgIpc) is 2.94. The Kier molecular flexibility index (Phi) is 7.05. The van der Waals surface area contributed by atoms with E-state index in [9.17, 15) is 9.59 Å². The van der Waals surface area contributed by atoms with Crippen molar-refractivity contribution in [2.24, 2.45) is 0 Å². The molecular weight excluding hydrogens is 344 g/mol. The second kappa shape index (κ2) is 9.26. The van der Waals surface area contributed by atoms with Crippen LogP contribution in [-0.2, 0) is 16.1 Å². The molecule has 0 spiro atoms. The van der Waals surface area contributed by atoms with Crippen LogP contribution in [0.25, 0.3) is 0 Å². The highest BCUT2D eigenvalue weighted by atomic mass is 16.5. The number of carbonyl (C=O) groups excluding carboxylic acids is 2. The van der Waals surface area contributed by atoms with E-state index in [-0.39, 0.29) is 11.9 Å². The van der Waals surface area contributed by atoms with E-state index in [0.717, 1.165) is 28.3 Å². The van der Waals surface area contributed by atoms with Gasteiger partial charge in [0, 0.05) is 17.8 Å². The molecule has 146 valence electrons. The van der Waals surface area contributed by atoms with Gasteiger partial charge in [-0.2, -0.15) is 0 Å². The molecular formula is C21H28N2O4. The van der Waals surface area contributed by atoms with Gasteiger partial charge in [0.15, 0.2) is 0 Å². The van der Waals surface area contributed by atoms with Crippen molar-refractivity contribution in [3.05, 3.63) is 46.8 Å². The molecule has 2 rings (SSSR count). The van der Waals surface area contributed by atoms with Gasteiger partial charge in [0.2, 0.25) is 5.91 Å². The summed E-state index contributed by atoms with van der Waals surface area (Å²) in [4.78, 5) is 29.5. The number of ether oxygens (including phenoxy) is 2. The van der Waals surface area contributed by atoms with E-state index >= 15 is 0 Å². The lowest BCUT2D eigenvalue weighted by Crippen LogP contribution is -2.30. The van der Waals surface area contributed by atoms with Gasteiger partial charge in [0.1, 0.15) is 11.4 Å². The Morgan fingerprint density at radius 1 is 1.04 bits per heavy atom. The normalized spacial score (nSPS) is 10.6. The lowest BCUT2D eigenvalue weighted by atomic mass is 10.1. The summed E-state index contributed by atoms with van der Waals surface area (Å²) in [6.07, 6.45) is 0.389. The molecule has 0 saturated carbocycles. The fraction of sp³-hybridized carbons (Fsp3) is 0.429. The largest absolute Gasteiger partial charge is 0.494 e. The first kappa shape index (κ1) is 20.6. The van der Waals surface area contributed by atoms with Crippen LogP contribution in [0.1, 0.15) is 54.5 Å². The van der Waals surface area contributed by atoms with Crippen molar-refractivity contribution >= 4 is 17.6 Å². The summed E-state index contributed by atoms with van der Waals surface area (Å²) in [7, 11) is 0. The second-order valence-electron chi connectivity index (χ2n) is 6.21. The summed E-state index contributed by atoms with van der Waals surface area (Å²) in [6, 6.07) is 7.47. The number of nitrogens with zero attached hydrogens (tertiary/aromatic N) is 1. The number of hydrogen-bond donors (Lipinski definition) is 1. The molecule has 6 heteroatoms. The molecule has 0 atom stereocenters. The molecule has 0 radical (unpaired) electrons. The molecule has 1 amide bonds. The Morgan fingerprint density at radius 2 is 1.70 bits per heavy atom. The molecule has 0 fully saturated rings. The van der Waals surface area contributed by atoms with Gasteiger partial charge in [-0.25, -0.2) is 4.79 Å². The maximum Gasteiger partial charge on any atom is 0.355 e. The number of aromatic nitrogens is 1. The van der Waals surface area contributed by atoms with Crippen molar-refractivity contribution in [2.45, 2.75) is 47.6 Å². The van der Waals surface area contributed by atoms with Crippen molar-refractivity contribution in [3.8, 4) is 5.75 Å². The smallest absolute Gasteiger partial charge is 0.355 e. The summed E-state index contributed by atoms with van der Waals surface area (Å²) in [6.45, 7) is 10.6. The van der Waals surface area contributed by atoms with Gasteiger partial charge in [-0.3, -0.25) is 4.79 Å². The van der Waals surface area contributed by atoms with Crippen LogP contribution in [0.3, 0.4) is 0 Å². The Balaban J connectivity index is 2.34. The molecule has 1 heterocycles. The summed E-state index contributed by atoms with van der Waals surface area (Å²) >= 11 is 0. The first-order valence-electron chi connectivity index (χ1n) is 9.31. The molecule has 1 aromatic heterocycles. The third kappa shape index (κ3) is 4.70. The van der Waals surface area contributed by atoms with Gasteiger partial charge in [0.25, 0.3) is 0 Å². The quantitative estimate of drug-likeness (QED) is 0.707. The summed E-state index contributed by atoms with van der Waals surface area (Å²) in [5.41, 5.74) is 3.83. The lowest BCUT2D eigenvalue weighted by molar-refractivity contribution is -0.118. The zero-order valence-electron chi connectivity index (χ0n) is 16.7. The number of aromatic amines is 1. The zero-order chi connectivity index (χ0) is 20.0. The van der Waals surface area contributed by atoms with Crippen LogP contribution in [0.5, 0.6) is 5.75 Å². The first-order valence-corrected chi connectivity index (χ1v) is 9.31. The average molecular weight is 372 g/mol. The molecule has 27 heavy (non-hydrogen) atoms. The molecule has 2 aromatic rings. The third-order valence-corrected chi connectivity index (χ3v) is 4.45. The number of rotatable bonds is 8. The highest BCUT2D eigenvalue weighted by Crippen LogP contribution is 2.26. The van der Waals surface area contributed by atoms with E-state index in [2.05, 4.69) is 4.98 Å². The minimum absolute atomic E-state index is 0.0110. The topological polar surface area (TPSA) is 71.6 Å². The molecule has 0 saturated heterocycles. The van der Waals surface area contributed by atoms with Crippen LogP contribution >= 0.6 is 0 Å². The Labute approximate surface area is 160 Å². The molecule has 0 aliphatic heterocycles. The zero-order valence-corrected chi connectivity index (χ0v) is 16.7. The molecule has 1 aromatic carbocycles. The van der Waals surface area contributed by atoms with Crippen LogP contribution in [0.15, 0.2) is 24.3 Å². The number of amides is 1. The number of hydrogen-bond acceptors (Lipinski definition) is 4. The Morgan fingerprint density at radius 3 is 2.26 bits per heavy atom. The van der Waals surface area contributed by atoms with Crippen LogP contribution in [0.2, 0.25) is 0 Å².